The average Bonchev–Trinajstić information content (AvgIpc) is 4.08. The predicted octanol–water partition coefficient (Wildman–Crippen LogP) is 14.2. The highest BCUT2D eigenvalue weighted by molar-refractivity contribution is 6.14. The summed E-state index contributed by atoms with van der Waals surface area (Å²) in [6, 6.07) is 59.4. The Morgan fingerprint density at radius 3 is 1.54 bits per heavy atom. The fourth-order valence-corrected chi connectivity index (χ4v) is 10.5. The van der Waals surface area contributed by atoms with Gasteiger partial charge in [-0.25, -0.2) is 0 Å². The van der Waals surface area contributed by atoms with E-state index in [-0.39, 0.29) is 12.0 Å². The lowest BCUT2D eigenvalue weighted by atomic mass is 9.84. The third kappa shape index (κ3) is 4.86. The summed E-state index contributed by atoms with van der Waals surface area (Å²) in [4.78, 5) is 0. The first-order chi connectivity index (χ1) is 31.1. The summed E-state index contributed by atoms with van der Waals surface area (Å²) in [6.07, 6.45) is 6.32. The topological polar surface area (TPSA) is 79.8 Å². The van der Waals surface area contributed by atoms with Gasteiger partial charge in [0.2, 0.25) is 0 Å². The molecular formula is C57H34N4O2. The van der Waals surface area contributed by atoms with Gasteiger partial charge in [-0.2, -0.15) is 10.5 Å². The number of hydrogen-bond acceptors (Lipinski definition) is 4. The van der Waals surface area contributed by atoms with Crippen molar-refractivity contribution in [3.63, 3.8) is 0 Å². The van der Waals surface area contributed by atoms with Gasteiger partial charge in [0.05, 0.1) is 44.6 Å². The maximum atomic E-state index is 12.1. The molecule has 63 heavy (non-hydrogen) atoms. The average molecular weight is 807 g/mol. The monoisotopic (exact) mass is 806 g/mol. The number of para-hydroxylation sites is 5. The minimum absolute atomic E-state index is 0.105. The lowest BCUT2D eigenvalue weighted by Gasteiger charge is -2.25. The molecule has 0 amide bonds. The fraction of sp³-hybridized carbons (Fsp3) is 0.0526. The molecule has 6 nitrogen and oxygen atoms in total. The predicted molar refractivity (Wildman–Crippen MR) is 253 cm³/mol. The van der Waals surface area contributed by atoms with Crippen LogP contribution in [-0.4, -0.2) is 15.2 Å². The molecule has 13 rings (SSSR count). The number of ether oxygens (including phenoxy) is 1. The molecule has 1 aliphatic heterocycles. The van der Waals surface area contributed by atoms with Crippen molar-refractivity contribution in [1.82, 2.24) is 9.13 Å². The molecule has 11 aromatic rings. The van der Waals surface area contributed by atoms with Crippen molar-refractivity contribution >= 4 is 71.1 Å². The van der Waals surface area contributed by atoms with Crippen LogP contribution in [0, 0.1) is 28.6 Å². The van der Waals surface area contributed by atoms with Crippen LogP contribution in [0.1, 0.15) is 23.6 Å². The first-order valence-electron chi connectivity index (χ1n) is 21.2. The van der Waals surface area contributed by atoms with E-state index in [0.717, 1.165) is 93.6 Å². The Kier molecular flexibility index (Phi) is 7.38. The molecule has 4 heterocycles. The van der Waals surface area contributed by atoms with Crippen LogP contribution in [0.15, 0.2) is 180 Å². The molecule has 0 spiro atoms. The number of fused-ring (bicyclic) bond motifs is 12. The quantitative estimate of drug-likeness (QED) is 0.177. The molecular weight excluding hydrogens is 773 g/mol. The second kappa shape index (κ2) is 13.2. The molecule has 3 aromatic heterocycles. The summed E-state index contributed by atoms with van der Waals surface area (Å²) in [5.41, 5.74) is 12.5. The Morgan fingerprint density at radius 2 is 0.984 bits per heavy atom. The fourth-order valence-electron chi connectivity index (χ4n) is 10.5. The molecule has 8 aromatic carbocycles. The summed E-state index contributed by atoms with van der Waals surface area (Å²) >= 11 is 0. The maximum absolute atomic E-state index is 12.1. The highest BCUT2D eigenvalue weighted by atomic mass is 16.5. The molecule has 2 unspecified atom stereocenters. The second-order valence-corrected chi connectivity index (χ2v) is 16.6. The molecule has 0 bridgehead atoms. The largest absolute Gasteiger partial charge is 0.484 e. The summed E-state index contributed by atoms with van der Waals surface area (Å²) in [6.45, 7) is 2.18. The van der Waals surface area contributed by atoms with Gasteiger partial charge in [0.15, 0.2) is 0 Å². The van der Waals surface area contributed by atoms with Crippen molar-refractivity contribution < 1.29 is 9.15 Å². The minimum atomic E-state index is -0.105. The Bertz CT molecular complexity index is 3850. The van der Waals surface area contributed by atoms with Gasteiger partial charge in [-0.1, -0.05) is 128 Å². The van der Waals surface area contributed by atoms with E-state index < -0.39 is 0 Å². The first-order valence-corrected chi connectivity index (χ1v) is 21.2. The summed E-state index contributed by atoms with van der Waals surface area (Å²) in [5.74, 6) is 1.00. The van der Waals surface area contributed by atoms with Crippen molar-refractivity contribution in [3.05, 3.63) is 193 Å². The van der Waals surface area contributed by atoms with E-state index in [4.69, 9.17) is 9.15 Å². The molecule has 0 saturated carbocycles. The number of nitriles is 2. The van der Waals surface area contributed by atoms with Gasteiger partial charge in [-0.05, 0) is 65.7 Å². The standard InChI is InChI=1S/C57H34N4O2/c1-33-13-12-19-41-43-30-35(26-28-52(43)63-57(33)41)54-45(32-59)55(60-46-20-7-2-14-36(46)37-15-3-8-21-47(37)60)53(34-25-27-51-42(29-34)40-18-6-11-24-50(40)62-51)44(31-58)56(54)61-48-22-9-4-16-38(48)39-17-5-10-23-49(39)61/h2-30,33,57H,1H3. The van der Waals surface area contributed by atoms with Crippen molar-refractivity contribution in [2.75, 3.05) is 0 Å². The maximum Gasteiger partial charge on any atom is 0.135 e. The zero-order chi connectivity index (χ0) is 41.9. The summed E-state index contributed by atoms with van der Waals surface area (Å²) < 4.78 is 17.4. The first kappa shape index (κ1) is 35.2. The van der Waals surface area contributed by atoms with Crippen LogP contribution in [0.4, 0.5) is 0 Å². The van der Waals surface area contributed by atoms with Gasteiger partial charge < -0.3 is 18.3 Å². The second-order valence-electron chi connectivity index (χ2n) is 16.6. The molecule has 1 aliphatic carbocycles. The number of rotatable bonds is 4. The van der Waals surface area contributed by atoms with Crippen LogP contribution < -0.4 is 4.74 Å². The number of furan rings is 1. The molecule has 294 valence electrons. The van der Waals surface area contributed by atoms with E-state index >= 15 is 0 Å². The van der Waals surface area contributed by atoms with E-state index in [2.05, 4.69) is 143 Å². The zero-order valence-electron chi connectivity index (χ0n) is 34.0. The highest BCUT2D eigenvalue weighted by Crippen LogP contribution is 2.51. The number of aromatic nitrogens is 2. The van der Waals surface area contributed by atoms with Crippen LogP contribution in [0.3, 0.4) is 0 Å². The smallest absolute Gasteiger partial charge is 0.135 e. The van der Waals surface area contributed by atoms with E-state index in [0.29, 0.717) is 33.6 Å². The van der Waals surface area contributed by atoms with Gasteiger partial charge >= 0.3 is 0 Å². The zero-order valence-corrected chi connectivity index (χ0v) is 34.0. The van der Waals surface area contributed by atoms with Crippen molar-refractivity contribution in [1.29, 1.82) is 10.5 Å². The van der Waals surface area contributed by atoms with Crippen LogP contribution in [0.25, 0.3) is 105 Å². The van der Waals surface area contributed by atoms with Crippen molar-refractivity contribution in [3.8, 4) is 51.5 Å². The number of hydrogen-bond donors (Lipinski definition) is 0. The van der Waals surface area contributed by atoms with Gasteiger partial charge in [0.1, 0.15) is 35.2 Å². The van der Waals surface area contributed by atoms with Crippen LogP contribution >= 0.6 is 0 Å². The molecule has 0 saturated heterocycles. The number of benzene rings is 8. The summed E-state index contributed by atoms with van der Waals surface area (Å²) in [5, 5.41) is 30.2. The lowest BCUT2D eigenvalue weighted by molar-refractivity contribution is 0.235. The Morgan fingerprint density at radius 1 is 0.508 bits per heavy atom. The summed E-state index contributed by atoms with van der Waals surface area (Å²) in [7, 11) is 0. The Labute approximate surface area is 361 Å². The minimum Gasteiger partial charge on any atom is -0.484 e. The molecule has 2 aliphatic rings. The van der Waals surface area contributed by atoms with Gasteiger partial charge in [-0.15, -0.1) is 0 Å². The van der Waals surface area contributed by atoms with Gasteiger partial charge in [0, 0.05) is 60.5 Å². The molecule has 6 heteroatoms. The van der Waals surface area contributed by atoms with Crippen LogP contribution in [-0.2, 0) is 0 Å². The van der Waals surface area contributed by atoms with Crippen LogP contribution in [0.2, 0.25) is 0 Å². The van der Waals surface area contributed by atoms with Gasteiger partial charge in [0.25, 0.3) is 0 Å². The normalized spacial score (nSPS) is 15.5. The lowest BCUT2D eigenvalue weighted by Crippen LogP contribution is -2.21. The number of nitrogens with zero attached hydrogens (tertiary/aromatic N) is 4. The SMILES string of the molecule is CC1C=CC=C2c3cc(-c4c(C#N)c(-n5c6ccccc6c6ccccc65)c(-c5ccc6oc7ccccc7c6c5)c(C#N)c4-n4c5ccccc5c5ccccc54)ccc3OC21. The molecule has 0 fully saturated rings. The van der Waals surface area contributed by atoms with Crippen LogP contribution in [0.5, 0.6) is 5.75 Å². The Balaban J connectivity index is 1.27. The van der Waals surface area contributed by atoms with E-state index in [1.807, 2.05) is 60.7 Å². The number of allylic oxidation sites excluding steroid dienone is 2. The molecule has 0 N–H and O–H groups in total. The highest BCUT2D eigenvalue weighted by Gasteiger charge is 2.36. The third-order valence-corrected chi connectivity index (χ3v) is 13.3. The van der Waals surface area contributed by atoms with Crippen molar-refractivity contribution in [2.45, 2.75) is 13.0 Å². The third-order valence-electron chi connectivity index (χ3n) is 13.3. The Hall–Kier alpha value is -8.58. The van der Waals surface area contributed by atoms with E-state index in [1.54, 1.807) is 0 Å². The van der Waals surface area contributed by atoms with Gasteiger partial charge in [-0.3, -0.25) is 0 Å². The molecule has 2 atom stereocenters. The van der Waals surface area contributed by atoms with Crippen molar-refractivity contribution in [2.24, 2.45) is 5.92 Å². The molecule has 0 radical (unpaired) electrons. The van der Waals surface area contributed by atoms with E-state index in [9.17, 15) is 10.5 Å². The van der Waals surface area contributed by atoms with E-state index in [1.165, 1.54) is 0 Å².